The third-order valence-corrected chi connectivity index (χ3v) is 3.68. The molecular formula is C19H12O4. The molecular weight excluding hydrogens is 292 g/mol. The van der Waals surface area contributed by atoms with Gasteiger partial charge in [-0.2, -0.15) is 0 Å². The minimum Gasteiger partial charge on any atom is -0.478 e. The highest BCUT2D eigenvalue weighted by atomic mass is 16.5. The van der Waals surface area contributed by atoms with E-state index >= 15 is 0 Å². The van der Waals surface area contributed by atoms with Gasteiger partial charge in [-0.25, -0.2) is 4.79 Å². The Kier molecular flexibility index (Phi) is 3.01. The van der Waals surface area contributed by atoms with Crippen LogP contribution >= 0.6 is 0 Å². The second-order valence-corrected chi connectivity index (χ2v) is 5.17. The Morgan fingerprint density at radius 3 is 2.22 bits per heavy atom. The Bertz CT molecular complexity index is 903. The van der Waals surface area contributed by atoms with Crippen LogP contribution in [0.5, 0.6) is 11.5 Å². The van der Waals surface area contributed by atoms with Crippen molar-refractivity contribution in [3.8, 4) is 11.5 Å². The van der Waals surface area contributed by atoms with Gasteiger partial charge in [0.05, 0.1) is 0 Å². The van der Waals surface area contributed by atoms with Crippen LogP contribution in [0.25, 0.3) is 12.2 Å². The molecule has 2 aliphatic heterocycles. The van der Waals surface area contributed by atoms with Gasteiger partial charge in [-0.15, -0.1) is 0 Å². The number of rotatable bonds is 1. The predicted octanol–water partition coefficient (Wildman–Crippen LogP) is 3.86. The van der Waals surface area contributed by atoms with Gasteiger partial charge in [-0.05, 0) is 30.4 Å². The Morgan fingerprint density at radius 2 is 1.48 bits per heavy atom. The van der Waals surface area contributed by atoms with E-state index in [9.17, 15) is 9.90 Å². The summed E-state index contributed by atoms with van der Waals surface area (Å²) in [6.07, 6.45) is 5.20. The number of hydrogen-bond acceptors (Lipinski definition) is 3. The molecule has 1 N–H and O–H groups in total. The van der Waals surface area contributed by atoms with Crippen LogP contribution < -0.4 is 9.47 Å². The summed E-state index contributed by atoms with van der Waals surface area (Å²) in [6, 6.07) is 14.8. The molecule has 0 bridgehead atoms. The highest BCUT2D eigenvalue weighted by Gasteiger charge is 2.27. The fourth-order valence-electron chi connectivity index (χ4n) is 2.57. The first kappa shape index (κ1) is 13.4. The molecule has 4 heteroatoms. The van der Waals surface area contributed by atoms with Crippen LogP contribution in [0, 0.1) is 0 Å². The van der Waals surface area contributed by atoms with Crippen LogP contribution in [0.1, 0.15) is 11.1 Å². The normalized spacial score (nSPS) is 18.2. The Morgan fingerprint density at radius 1 is 0.826 bits per heavy atom. The summed E-state index contributed by atoms with van der Waals surface area (Å²) in [7, 11) is 0. The zero-order valence-electron chi connectivity index (χ0n) is 12.0. The fraction of sp³-hybridized carbons (Fsp3) is 0. The Hall–Kier alpha value is -3.27. The van der Waals surface area contributed by atoms with Crippen molar-refractivity contribution in [2.24, 2.45) is 0 Å². The van der Waals surface area contributed by atoms with Crippen LogP contribution in [-0.2, 0) is 4.79 Å². The van der Waals surface area contributed by atoms with Crippen molar-refractivity contribution < 1.29 is 19.4 Å². The highest BCUT2D eigenvalue weighted by Crippen LogP contribution is 2.36. The first-order valence-corrected chi connectivity index (χ1v) is 7.14. The van der Waals surface area contributed by atoms with Gasteiger partial charge in [-0.3, -0.25) is 0 Å². The van der Waals surface area contributed by atoms with E-state index in [0.29, 0.717) is 17.3 Å². The molecule has 0 unspecified atom stereocenters. The molecule has 2 aromatic carbocycles. The lowest BCUT2D eigenvalue weighted by Gasteiger charge is -2.22. The van der Waals surface area contributed by atoms with Crippen molar-refractivity contribution in [3.63, 3.8) is 0 Å². The van der Waals surface area contributed by atoms with Crippen LogP contribution in [0.4, 0.5) is 0 Å². The second kappa shape index (κ2) is 5.18. The molecule has 2 heterocycles. The number of fused-ring (bicyclic) bond motifs is 2. The van der Waals surface area contributed by atoms with Gasteiger partial charge >= 0.3 is 5.97 Å². The first-order valence-electron chi connectivity index (χ1n) is 7.14. The van der Waals surface area contributed by atoms with E-state index < -0.39 is 5.97 Å². The lowest BCUT2D eigenvalue weighted by atomic mass is 10.0. The molecule has 2 aliphatic rings. The quantitative estimate of drug-likeness (QED) is 0.869. The largest absolute Gasteiger partial charge is 0.478 e. The number of ether oxygens (including phenoxy) is 2. The van der Waals surface area contributed by atoms with Gasteiger partial charge in [0.15, 0.2) is 11.5 Å². The zero-order valence-corrected chi connectivity index (χ0v) is 12.0. The molecule has 0 amide bonds. The molecule has 4 rings (SSSR count). The third-order valence-electron chi connectivity index (χ3n) is 3.68. The van der Waals surface area contributed by atoms with Crippen molar-refractivity contribution in [1.29, 1.82) is 0 Å². The van der Waals surface area contributed by atoms with Crippen LogP contribution in [0.3, 0.4) is 0 Å². The number of aliphatic carboxylic acids is 1. The summed E-state index contributed by atoms with van der Waals surface area (Å²) in [5, 5.41) is 9.50. The number of carbonyl (C=O) groups is 1. The van der Waals surface area contributed by atoms with E-state index in [4.69, 9.17) is 9.47 Å². The maximum absolute atomic E-state index is 11.6. The van der Waals surface area contributed by atoms with E-state index in [2.05, 4.69) is 0 Å². The topological polar surface area (TPSA) is 55.8 Å². The van der Waals surface area contributed by atoms with Crippen molar-refractivity contribution in [3.05, 3.63) is 82.8 Å². The molecule has 0 fully saturated rings. The average Bonchev–Trinajstić information content (AvgIpc) is 2.60. The van der Waals surface area contributed by atoms with Crippen LogP contribution in [0.2, 0.25) is 0 Å². The summed E-state index contributed by atoms with van der Waals surface area (Å²) in [5.74, 6) is 0.812. The SMILES string of the molecule is O=C(O)C1=Cc2ccccc2OC1=C1C=Cc2ccccc2O1. The van der Waals surface area contributed by atoms with Crippen LogP contribution in [-0.4, -0.2) is 11.1 Å². The number of allylic oxidation sites excluding steroid dienone is 1. The highest BCUT2D eigenvalue weighted by molar-refractivity contribution is 5.98. The van der Waals surface area contributed by atoms with Crippen molar-refractivity contribution in [2.75, 3.05) is 0 Å². The summed E-state index contributed by atoms with van der Waals surface area (Å²) >= 11 is 0. The lowest BCUT2D eigenvalue weighted by molar-refractivity contribution is -0.132. The van der Waals surface area contributed by atoms with Crippen LogP contribution in [0.15, 0.2) is 71.7 Å². The molecule has 0 atom stereocenters. The summed E-state index contributed by atoms with van der Waals surface area (Å²) < 4.78 is 11.6. The molecule has 0 saturated heterocycles. The monoisotopic (exact) mass is 304 g/mol. The van der Waals surface area contributed by atoms with Gasteiger partial charge in [0.1, 0.15) is 17.1 Å². The van der Waals surface area contributed by atoms with Crippen molar-refractivity contribution in [1.82, 2.24) is 0 Å². The number of para-hydroxylation sites is 2. The average molecular weight is 304 g/mol. The van der Waals surface area contributed by atoms with E-state index in [1.807, 2.05) is 48.5 Å². The molecule has 112 valence electrons. The summed E-state index contributed by atoms with van der Waals surface area (Å²) in [6.45, 7) is 0. The molecule has 4 nitrogen and oxygen atoms in total. The van der Waals surface area contributed by atoms with E-state index in [0.717, 1.165) is 11.1 Å². The zero-order chi connectivity index (χ0) is 15.8. The van der Waals surface area contributed by atoms with Gasteiger partial charge in [0, 0.05) is 11.1 Å². The molecule has 0 saturated carbocycles. The first-order chi connectivity index (χ1) is 11.2. The number of benzene rings is 2. The van der Waals surface area contributed by atoms with E-state index in [1.54, 1.807) is 18.2 Å². The molecule has 2 aromatic rings. The minimum absolute atomic E-state index is 0.0720. The van der Waals surface area contributed by atoms with Gasteiger partial charge in [0.25, 0.3) is 0 Å². The van der Waals surface area contributed by atoms with Gasteiger partial charge < -0.3 is 14.6 Å². The number of carboxylic acids is 1. The summed E-state index contributed by atoms with van der Waals surface area (Å²) in [5.41, 5.74) is 1.74. The maximum Gasteiger partial charge on any atom is 0.339 e. The number of hydrogen-bond donors (Lipinski definition) is 1. The second-order valence-electron chi connectivity index (χ2n) is 5.17. The maximum atomic E-state index is 11.6. The predicted molar refractivity (Wildman–Crippen MR) is 85.8 cm³/mol. The minimum atomic E-state index is -1.06. The third kappa shape index (κ3) is 2.30. The van der Waals surface area contributed by atoms with E-state index in [1.165, 1.54) is 0 Å². The summed E-state index contributed by atoms with van der Waals surface area (Å²) in [4.78, 5) is 11.6. The standard InChI is InChI=1S/C19H12O4/c20-19(21)14-11-13-6-2-4-8-16(13)23-18(14)17-10-9-12-5-1-3-7-15(12)22-17/h1-11H,(H,20,21). The molecule has 0 aliphatic carbocycles. The van der Waals surface area contributed by atoms with Crippen molar-refractivity contribution >= 4 is 18.1 Å². The fourth-order valence-corrected chi connectivity index (χ4v) is 2.57. The molecule has 0 aromatic heterocycles. The Balaban J connectivity index is 1.85. The van der Waals surface area contributed by atoms with Crippen molar-refractivity contribution in [2.45, 2.75) is 0 Å². The molecule has 0 spiro atoms. The molecule has 0 radical (unpaired) electrons. The molecule has 23 heavy (non-hydrogen) atoms. The van der Waals surface area contributed by atoms with Gasteiger partial charge in [-0.1, -0.05) is 36.4 Å². The van der Waals surface area contributed by atoms with Gasteiger partial charge in [0.2, 0.25) is 0 Å². The van der Waals surface area contributed by atoms with E-state index in [-0.39, 0.29) is 11.3 Å². The Labute approximate surface area is 132 Å². The number of carboxylic acid groups (broad SMARTS) is 1. The lowest BCUT2D eigenvalue weighted by Crippen LogP contribution is -2.17. The smallest absolute Gasteiger partial charge is 0.339 e.